The van der Waals surface area contributed by atoms with Crippen molar-refractivity contribution in [3.05, 3.63) is 48.4 Å². The molecule has 0 aliphatic heterocycles. The molecular weight excluding hydrogens is 264 g/mol. The smallest absolute Gasteiger partial charge is 0.262 e. The van der Waals surface area contributed by atoms with E-state index in [0.29, 0.717) is 17.9 Å². The first-order chi connectivity index (χ1) is 10.3. The van der Waals surface area contributed by atoms with Gasteiger partial charge in [0.25, 0.3) is 5.91 Å². The highest BCUT2D eigenvalue weighted by molar-refractivity contribution is 6.09. The van der Waals surface area contributed by atoms with Crippen molar-refractivity contribution < 1.29 is 4.79 Å². The number of carbonyl (C=O) groups excluding carboxylic acids is 1. The van der Waals surface area contributed by atoms with Crippen LogP contribution in [-0.4, -0.2) is 29.0 Å². The molecule has 5 heteroatoms. The number of rotatable bonds is 6. The minimum absolute atomic E-state index is 0.0598. The summed E-state index contributed by atoms with van der Waals surface area (Å²) < 4.78 is 0. The fraction of sp³-hybridized carbons (Fsp3) is 0.312. The third-order valence-corrected chi connectivity index (χ3v) is 3.12. The molecule has 0 saturated heterocycles. The Balaban J connectivity index is 2.30. The Hall–Kier alpha value is -2.43. The van der Waals surface area contributed by atoms with Crippen LogP contribution in [0, 0.1) is 0 Å². The van der Waals surface area contributed by atoms with Gasteiger partial charge in [-0.1, -0.05) is 6.92 Å². The lowest BCUT2D eigenvalue weighted by Gasteiger charge is -2.22. The molecule has 1 N–H and O–H groups in total. The number of nitrogens with one attached hydrogen (secondary N) is 1. The number of amides is 1. The van der Waals surface area contributed by atoms with E-state index in [1.165, 1.54) is 0 Å². The van der Waals surface area contributed by atoms with Crippen LogP contribution < -0.4 is 10.2 Å². The lowest BCUT2D eigenvalue weighted by atomic mass is 10.2. The molecule has 0 saturated carbocycles. The van der Waals surface area contributed by atoms with Gasteiger partial charge in [0.1, 0.15) is 5.82 Å². The highest BCUT2D eigenvalue weighted by Gasteiger charge is 2.19. The Labute approximate surface area is 125 Å². The van der Waals surface area contributed by atoms with E-state index in [2.05, 4.69) is 22.2 Å². The van der Waals surface area contributed by atoms with Gasteiger partial charge in [0.15, 0.2) is 0 Å². The minimum atomic E-state index is -0.0598. The quantitative estimate of drug-likeness (QED) is 0.886. The van der Waals surface area contributed by atoms with Gasteiger partial charge >= 0.3 is 0 Å². The molecule has 2 aromatic rings. The number of aromatic nitrogens is 2. The molecule has 1 amide bonds. The highest BCUT2D eigenvalue weighted by atomic mass is 16.2. The van der Waals surface area contributed by atoms with Gasteiger partial charge in [-0.05, 0) is 37.6 Å². The van der Waals surface area contributed by atoms with Crippen LogP contribution in [0.25, 0.3) is 0 Å². The summed E-state index contributed by atoms with van der Waals surface area (Å²) >= 11 is 0. The monoisotopic (exact) mass is 284 g/mol. The summed E-state index contributed by atoms with van der Waals surface area (Å²) in [7, 11) is 0. The van der Waals surface area contributed by atoms with Gasteiger partial charge in [-0.2, -0.15) is 0 Å². The molecule has 5 nitrogen and oxygen atoms in total. The van der Waals surface area contributed by atoms with Crippen LogP contribution in [0.1, 0.15) is 30.6 Å². The van der Waals surface area contributed by atoms with Crippen molar-refractivity contribution in [1.82, 2.24) is 9.97 Å². The largest absolute Gasteiger partial charge is 0.369 e. The zero-order valence-corrected chi connectivity index (χ0v) is 12.4. The van der Waals surface area contributed by atoms with Crippen molar-refractivity contribution in [3.8, 4) is 0 Å². The molecule has 0 atom stereocenters. The standard InChI is InChI=1S/C16H20N4O/c1-3-9-18-15-14(6-5-10-19-15)16(21)20(4-2)13-7-11-17-12-8-13/h5-8,10-12H,3-4,9H2,1-2H3,(H,18,19). The Bertz CT molecular complexity index is 586. The Morgan fingerprint density at radius 1 is 1.19 bits per heavy atom. The van der Waals surface area contributed by atoms with E-state index in [-0.39, 0.29) is 5.91 Å². The van der Waals surface area contributed by atoms with E-state index in [9.17, 15) is 4.79 Å². The van der Waals surface area contributed by atoms with Gasteiger partial charge in [0.2, 0.25) is 0 Å². The van der Waals surface area contributed by atoms with E-state index < -0.39 is 0 Å². The average Bonchev–Trinajstić information content (AvgIpc) is 2.55. The van der Waals surface area contributed by atoms with Crippen LogP contribution in [-0.2, 0) is 0 Å². The lowest BCUT2D eigenvalue weighted by Crippen LogP contribution is -2.31. The third-order valence-electron chi connectivity index (χ3n) is 3.12. The molecule has 0 spiro atoms. The van der Waals surface area contributed by atoms with E-state index in [1.807, 2.05) is 19.1 Å². The first-order valence-corrected chi connectivity index (χ1v) is 7.18. The lowest BCUT2D eigenvalue weighted by molar-refractivity contribution is 0.0989. The number of nitrogens with zero attached hydrogens (tertiary/aromatic N) is 3. The predicted molar refractivity (Wildman–Crippen MR) is 84.6 cm³/mol. The number of hydrogen-bond acceptors (Lipinski definition) is 4. The molecule has 0 aliphatic rings. The van der Waals surface area contributed by atoms with E-state index in [4.69, 9.17) is 0 Å². The topological polar surface area (TPSA) is 58.1 Å². The van der Waals surface area contributed by atoms with Crippen LogP contribution in [0.4, 0.5) is 11.5 Å². The zero-order chi connectivity index (χ0) is 15.1. The maximum absolute atomic E-state index is 12.8. The molecule has 110 valence electrons. The molecule has 0 unspecified atom stereocenters. The van der Waals surface area contributed by atoms with Gasteiger partial charge in [-0.3, -0.25) is 9.78 Å². The summed E-state index contributed by atoms with van der Waals surface area (Å²) in [6.45, 7) is 5.41. The molecule has 2 aromatic heterocycles. The SMILES string of the molecule is CCCNc1ncccc1C(=O)N(CC)c1ccncc1. The Morgan fingerprint density at radius 3 is 2.62 bits per heavy atom. The number of anilines is 2. The molecule has 2 heterocycles. The fourth-order valence-electron chi connectivity index (χ4n) is 2.07. The van der Waals surface area contributed by atoms with Crippen LogP contribution in [0.5, 0.6) is 0 Å². The van der Waals surface area contributed by atoms with Crippen molar-refractivity contribution >= 4 is 17.4 Å². The molecule has 2 rings (SSSR count). The van der Waals surface area contributed by atoms with E-state index in [1.54, 1.807) is 35.6 Å². The fourth-order valence-corrected chi connectivity index (χ4v) is 2.07. The molecule has 0 bridgehead atoms. The maximum Gasteiger partial charge on any atom is 0.262 e. The maximum atomic E-state index is 12.8. The number of pyridine rings is 2. The van der Waals surface area contributed by atoms with E-state index in [0.717, 1.165) is 18.7 Å². The number of carbonyl (C=O) groups is 1. The summed E-state index contributed by atoms with van der Waals surface area (Å²) in [4.78, 5) is 22.8. The summed E-state index contributed by atoms with van der Waals surface area (Å²) in [5, 5.41) is 3.20. The minimum Gasteiger partial charge on any atom is -0.369 e. The Morgan fingerprint density at radius 2 is 1.95 bits per heavy atom. The van der Waals surface area contributed by atoms with Crippen LogP contribution in [0.15, 0.2) is 42.9 Å². The highest BCUT2D eigenvalue weighted by Crippen LogP contribution is 2.19. The van der Waals surface area contributed by atoms with Crippen LogP contribution in [0.3, 0.4) is 0 Å². The number of hydrogen-bond donors (Lipinski definition) is 1. The second kappa shape index (κ2) is 7.38. The molecular formula is C16H20N4O. The van der Waals surface area contributed by atoms with Crippen LogP contribution in [0.2, 0.25) is 0 Å². The van der Waals surface area contributed by atoms with Gasteiger partial charge < -0.3 is 10.2 Å². The van der Waals surface area contributed by atoms with Gasteiger partial charge in [0, 0.05) is 37.4 Å². The van der Waals surface area contributed by atoms with Gasteiger partial charge in [-0.25, -0.2) is 4.98 Å². The molecule has 0 fully saturated rings. The zero-order valence-electron chi connectivity index (χ0n) is 12.4. The third kappa shape index (κ3) is 3.56. The first-order valence-electron chi connectivity index (χ1n) is 7.18. The molecule has 0 radical (unpaired) electrons. The second-order valence-corrected chi connectivity index (χ2v) is 4.58. The first kappa shape index (κ1) is 15.0. The molecule has 0 aromatic carbocycles. The second-order valence-electron chi connectivity index (χ2n) is 4.58. The summed E-state index contributed by atoms with van der Waals surface area (Å²) in [5.41, 5.74) is 1.42. The Kier molecular flexibility index (Phi) is 5.26. The summed E-state index contributed by atoms with van der Waals surface area (Å²) in [5.74, 6) is 0.576. The van der Waals surface area contributed by atoms with Crippen molar-refractivity contribution in [1.29, 1.82) is 0 Å². The van der Waals surface area contributed by atoms with Crippen LogP contribution >= 0.6 is 0 Å². The van der Waals surface area contributed by atoms with Gasteiger partial charge in [-0.15, -0.1) is 0 Å². The molecule has 0 aliphatic carbocycles. The van der Waals surface area contributed by atoms with Gasteiger partial charge in [0.05, 0.1) is 5.56 Å². The van der Waals surface area contributed by atoms with Crippen molar-refractivity contribution in [3.63, 3.8) is 0 Å². The van der Waals surface area contributed by atoms with Crippen molar-refractivity contribution in [2.24, 2.45) is 0 Å². The van der Waals surface area contributed by atoms with Crippen molar-refractivity contribution in [2.75, 3.05) is 23.3 Å². The summed E-state index contributed by atoms with van der Waals surface area (Å²) in [6.07, 6.45) is 6.04. The summed E-state index contributed by atoms with van der Waals surface area (Å²) in [6, 6.07) is 7.25. The van der Waals surface area contributed by atoms with Crippen molar-refractivity contribution in [2.45, 2.75) is 20.3 Å². The normalized spacial score (nSPS) is 10.2. The average molecular weight is 284 g/mol. The van der Waals surface area contributed by atoms with E-state index >= 15 is 0 Å². The molecule has 21 heavy (non-hydrogen) atoms. The predicted octanol–water partition coefficient (Wildman–Crippen LogP) is 2.97.